The Labute approximate surface area is 96.3 Å². The number of piperidine rings is 1. The highest BCUT2D eigenvalue weighted by Crippen LogP contribution is 2.63. The molecule has 1 heterocycles. The zero-order valence-corrected chi connectivity index (χ0v) is 10.1. The van der Waals surface area contributed by atoms with Crippen LogP contribution in [-0.2, 0) is 5.41 Å². The van der Waals surface area contributed by atoms with Gasteiger partial charge < -0.3 is 4.90 Å². The summed E-state index contributed by atoms with van der Waals surface area (Å²) >= 11 is 0. The van der Waals surface area contributed by atoms with Gasteiger partial charge in [-0.3, -0.25) is 0 Å². The van der Waals surface area contributed by atoms with Gasteiger partial charge >= 0.3 is 0 Å². The summed E-state index contributed by atoms with van der Waals surface area (Å²) in [5.41, 5.74) is 2.21. The SMILES string of the molecule is Cc1ccc(C23CN(C)CC2[C@H]3C)cc1F. The minimum atomic E-state index is -0.0562. The summed E-state index contributed by atoms with van der Waals surface area (Å²) in [4.78, 5) is 2.36. The van der Waals surface area contributed by atoms with Crippen molar-refractivity contribution < 1.29 is 4.39 Å². The van der Waals surface area contributed by atoms with Gasteiger partial charge in [-0.1, -0.05) is 19.1 Å². The number of fused-ring (bicyclic) bond motifs is 1. The Balaban J connectivity index is 2.01. The van der Waals surface area contributed by atoms with Gasteiger partial charge in [0.2, 0.25) is 0 Å². The lowest BCUT2D eigenvalue weighted by Gasteiger charge is -2.19. The van der Waals surface area contributed by atoms with Crippen LogP contribution in [0.25, 0.3) is 0 Å². The van der Waals surface area contributed by atoms with Crippen LogP contribution >= 0.6 is 0 Å². The number of likely N-dealkylation sites (tertiary alicyclic amines) is 1. The van der Waals surface area contributed by atoms with E-state index in [4.69, 9.17) is 0 Å². The summed E-state index contributed by atoms with van der Waals surface area (Å²) in [6.07, 6.45) is 0. The molecule has 1 aliphatic heterocycles. The number of likely N-dealkylation sites (N-methyl/N-ethyl adjacent to an activating group) is 1. The van der Waals surface area contributed by atoms with E-state index in [2.05, 4.69) is 24.9 Å². The Morgan fingerprint density at radius 1 is 1.44 bits per heavy atom. The van der Waals surface area contributed by atoms with E-state index < -0.39 is 0 Å². The van der Waals surface area contributed by atoms with Crippen molar-refractivity contribution in [3.63, 3.8) is 0 Å². The maximum absolute atomic E-state index is 13.6. The predicted molar refractivity (Wildman–Crippen MR) is 63.0 cm³/mol. The molecule has 1 aliphatic carbocycles. The van der Waals surface area contributed by atoms with Crippen LogP contribution in [0.3, 0.4) is 0 Å². The van der Waals surface area contributed by atoms with E-state index in [1.807, 2.05) is 13.0 Å². The monoisotopic (exact) mass is 219 g/mol. The van der Waals surface area contributed by atoms with Crippen LogP contribution in [0.4, 0.5) is 4.39 Å². The van der Waals surface area contributed by atoms with Crippen molar-refractivity contribution in [1.82, 2.24) is 4.90 Å². The van der Waals surface area contributed by atoms with Gasteiger partial charge in [-0.05, 0) is 43.0 Å². The minimum Gasteiger partial charge on any atom is -0.305 e. The van der Waals surface area contributed by atoms with Gasteiger partial charge in [0.1, 0.15) is 5.82 Å². The Morgan fingerprint density at radius 2 is 2.19 bits per heavy atom. The van der Waals surface area contributed by atoms with Crippen molar-refractivity contribution >= 4 is 0 Å². The lowest BCUT2D eigenvalue weighted by atomic mass is 9.92. The summed E-state index contributed by atoms with van der Waals surface area (Å²) in [6, 6.07) is 5.79. The van der Waals surface area contributed by atoms with Crippen LogP contribution in [0.15, 0.2) is 18.2 Å². The van der Waals surface area contributed by atoms with E-state index in [9.17, 15) is 4.39 Å². The summed E-state index contributed by atoms with van der Waals surface area (Å²) < 4.78 is 13.6. The van der Waals surface area contributed by atoms with Gasteiger partial charge in [0.25, 0.3) is 0 Å². The first-order valence-electron chi connectivity index (χ1n) is 6.01. The molecular weight excluding hydrogens is 201 g/mol. The third-order valence-electron chi connectivity index (χ3n) is 4.72. The molecule has 2 unspecified atom stereocenters. The third-order valence-corrected chi connectivity index (χ3v) is 4.72. The quantitative estimate of drug-likeness (QED) is 0.701. The molecule has 0 aromatic heterocycles. The minimum absolute atomic E-state index is 0.0562. The van der Waals surface area contributed by atoms with E-state index in [0.717, 1.165) is 24.6 Å². The van der Waals surface area contributed by atoms with Gasteiger partial charge in [0.05, 0.1) is 0 Å². The second kappa shape index (κ2) is 3.07. The average molecular weight is 219 g/mol. The first-order valence-corrected chi connectivity index (χ1v) is 6.01. The normalized spacial score (nSPS) is 37.5. The molecule has 0 spiro atoms. The number of nitrogens with zero attached hydrogens (tertiary/aromatic N) is 1. The molecule has 3 atom stereocenters. The molecule has 1 nitrogen and oxygen atoms in total. The molecule has 2 aliphatic rings. The molecule has 1 saturated heterocycles. The molecule has 2 fully saturated rings. The van der Waals surface area contributed by atoms with E-state index in [0.29, 0.717) is 5.92 Å². The van der Waals surface area contributed by atoms with Gasteiger partial charge in [0, 0.05) is 18.5 Å². The van der Waals surface area contributed by atoms with Crippen molar-refractivity contribution in [3.05, 3.63) is 35.1 Å². The maximum Gasteiger partial charge on any atom is 0.126 e. The molecule has 2 heteroatoms. The smallest absolute Gasteiger partial charge is 0.126 e. The highest BCUT2D eigenvalue weighted by molar-refractivity contribution is 5.41. The number of rotatable bonds is 1. The van der Waals surface area contributed by atoms with Gasteiger partial charge in [-0.2, -0.15) is 0 Å². The molecule has 16 heavy (non-hydrogen) atoms. The molecule has 0 N–H and O–H groups in total. The summed E-state index contributed by atoms with van der Waals surface area (Å²) in [5.74, 6) is 1.39. The Bertz CT molecular complexity index is 442. The Kier molecular flexibility index (Phi) is 1.97. The molecule has 0 radical (unpaired) electrons. The fourth-order valence-electron chi connectivity index (χ4n) is 3.61. The van der Waals surface area contributed by atoms with E-state index in [1.54, 1.807) is 6.07 Å². The topological polar surface area (TPSA) is 3.24 Å². The highest BCUT2D eigenvalue weighted by Gasteiger charge is 2.66. The van der Waals surface area contributed by atoms with Gasteiger partial charge in [-0.25, -0.2) is 4.39 Å². The molecule has 3 rings (SSSR count). The molecular formula is C14H18FN. The Hall–Kier alpha value is -0.890. The standard InChI is InChI=1S/C14H18FN/c1-9-4-5-11(6-13(9)15)14-8-16(3)7-12(14)10(14)2/h4-6,10,12H,7-8H2,1-3H3/t10-,12?,14?/m1/s1. The number of hydrogen-bond acceptors (Lipinski definition) is 1. The van der Waals surface area contributed by atoms with Crippen molar-refractivity contribution in [3.8, 4) is 0 Å². The number of hydrogen-bond donors (Lipinski definition) is 0. The summed E-state index contributed by atoms with van der Waals surface area (Å²) in [6.45, 7) is 6.37. The molecule has 86 valence electrons. The van der Waals surface area contributed by atoms with E-state index in [1.165, 1.54) is 5.56 Å². The first-order chi connectivity index (χ1) is 7.55. The van der Waals surface area contributed by atoms with Crippen LogP contribution < -0.4 is 0 Å². The second-order valence-electron chi connectivity index (χ2n) is 5.60. The average Bonchev–Trinajstić information content (AvgIpc) is 2.65. The fraction of sp³-hybridized carbons (Fsp3) is 0.571. The van der Waals surface area contributed by atoms with Gasteiger partial charge in [-0.15, -0.1) is 0 Å². The molecule has 1 aromatic carbocycles. The zero-order chi connectivity index (χ0) is 11.5. The Morgan fingerprint density at radius 3 is 2.81 bits per heavy atom. The predicted octanol–water partition coefficient (Wildman–Crippen LogP) is 2.58. The van der Waals surface area contributed by atoms with Gasteiger partial charge in [0.15, 0.2) is 0 Å². The van der Waals surface area contributed by atoms with Crippen molar-refractivity contribution in [1.29, 1.82) is 0 Å². The largest absolute Gasteiger partial charge is 0.305 e. The third kappa shape index (κ3) is 1.14. The highest BCUT2D eigenvalue weighted by atomic mass is 19.1. The van der Waals surface area contributed by atoms with Crippen molar-refractivity contribution in [2.24, 2.45) is 11.8 Å². The summed E-state index contributed by atoms with van der Waals surface area (Å²) in [7, 11) is 2.16. The fourth-order valence-corrected chi connectivity index (χ4v) is 3.61. The molecule has 1 saturated carbocycles. The van der Waals surface area contributed by atoms with Crippen molar-refractivity contribution in [2.75, 3.05) is 20.1 Å². The number of benzene rings is 1. The van der Waals surface area contributed by atoms with Crippen molar-refractivity contribution in [2.45, 2.75) is 19.3 Å². The summed E-state index contributed by atoms with van der Waals surface area (Å²) in [5, 5.41) is 0. The maximum atomic E-state index is 13.6. The lowest BCUT2D eigenvalue weighted by molar-refractivity contribution is 0.338. The molecule has 0 amide bonds. The van der Waals surface area contributed by atoms with Crippen LogP contribution in [0.1, 0.15) is 18.1 Å². The van der Waals surface area contributed by atoms with E-state index >= 15 is 0 Å². The first kappa shape index (κ1) is 10.3. The number of aryl methyl sites for hydroxylation is 1. The van der Waals surface area contributed by atoms with Crippen LogP contribution in [0, 0.1) is 24.6 Å². The molecule has 0 bridgehead atoms. The van der Waals surface area contributed by atoms with Crippen LogP contribution in [-0.4, -0.2) is 25.0 Å². The molecule has 1 aromatic rings. The lowest BCUT2D eigenvalue weighted by Crippen LogP contribution is -2.25. The van der Waals surface area contributed by atoms with Crippen LogP contribution in [0.2, 0.25) is 0 Å². The van der Waals surface area contributed by atoms with Crippen LogP contribution in [0.5, 0.6) is 0 Å². The second-order valence-corrected chi connectivity index (χ2v) is 5.60. The zero-order valence-electron chi connectivity index (χ0n) is 10.1. The van der Waals surface area contributed by atoms with E-state index in [-0.39, 0.29) is 11.2 Å². The number of halogens is 1.